The van der Waals surface area contributed by atoms with Crippen molar-refractivity contribution in [3.05, 3.63) is 102 Å². The minimum atomic E-state index is -0.382. The van der Waals surface area contributed by atoms with Crippen molar-refractivity contribution in [3.8, 4) is 22.6 Å². The Hall–Kier alpha value is -3.87. The van der Waals surface area contributed by atoms with Crippen LogP contribution in [-0.2, 0) is 9.31 Å². The summed E-state index contributed by atoms with van der Waals surface area (Å²) in [5.41, 5.74) is 8.57. The summed E-state index contributed by atoms with van der Waals surface area (Å²) in [6.07, 6.45) is 0. The second-order valence-electron chi connectivity index (χ2n) is 11.1. The fourth-order valence-corrected chi connectivity index (χ4v) is 5.39. The van der Waals surface area contributed by atoms with Gasteiger partial charge in [0.25, 0.3) is 0 Å². The van der Waals surface area contributed by atoms with E-state index in [1.165, 1.54) is 5.56 Å². The summed E-state index contributed by atoms with van der Waals surface area (Å²) in [5.74, 6) is 0.633. The summed E-state index contributed by atoms with van der Waals surface area (Å²) >= 11 is 0. The highest BCUT2D eigenvalue weighted by atomic mass is 16.7. The normalized spacial score (nSPS) is 19.2. The van der Waals surface area contributed by atoms with Gasteiger partial charge in [0, 0.05) is 22.4 Å². The molecule has 1 atom stereocenters. The molecule has 38 heavy (non-hydrogen) atoms. The van der Waals surface area contributed by atoms with Crippen LogP contribution in [0.4, 0.5) is 5.69 Å². The van der Waals surface area contributed by atoms with Crippen LogP contribution >= 0.6 is 0 Å². The van der Waals surface area contributed by atoms with E-state index in [2.05, 4.69) is 87.6 Å². The number of para-hydroxylation sites is 1. The van der Waals surface area contributed by atoms with Crippen LogP contribution in [0.2, 0.25) is 0 Å². The quantitative estimate of drug-likeness (QED) is 0.271. The molecule has 0 spiro atoms. The van der Waals surface area contributed by atoms with E-state index in [0.29, 0.717) is 5.89 Å². The van der Waals surface area contributed by atoms with Crippen molar-refractivity contribution >= 4 is 29.4 Å². The number of aromatic nitrogens is 1. The summed E-state index contributed by atoms with van der Waals surface area (Å²) in [4.78, 5) is 4.99. The van der Waals surface area contributed by atoms with E-state index < -0.39 is 0 Å². The van der Waals surface area contributed by atoms with Crippen molar-refractivity contribution in [3.63, 3.8) is 0 Å². The van der Waals surface area contributed by atoms with Crippen molar-refractivity contribution in [1.82, 2.24) is 4.98 Å². The summed E-state index contributed by atoms with van der Waals surface area (Å²) < 4.78 is 18.8. The number of hydrogen-bond donors (Lipinski definition) is 1. The van der Waals surface area contributed by atoms with Crippen LogP contribution in [0.3, 0.4) is 0 Å². The Morgan fingerprint density at radius 3 is 2.18 bits per heavy atom. The highest BCUT2D eigenvalue weighted by molar-refractivity contribution is 6.62. The molecule has 0 bridgehead atoms. The lowest BCUT2D eigenvalue weighted by Gasteiger charge is -2.32. The van der Waals surface area contributed by atoms with Crippen LogP contribution in [0.25, 0.3) is 33.7 Å². The molecule has 5 nitrogen and oxygen atoms in total. The third kappa shape index (κ3) is 3.59. The van der Waals surface area contributed by atoms with E-state index in [4.69, 9.17) is 18.7 Å². The first-order valence-electron chi connectivity index (χ1n) is 13.1. The van der Waals surface area contributed by atoms with E-state index in [-0.39, 0.29) is 24.4 Å². The van der Waals surface area contributed by atoms with Crippen LogP contribution in [0, 0.1) is 0 Å². The van der Waals surface area contributed by atoms with Gasteiger partial charge in [-0.05, 0) is 68.6 Å². The highest BCUT2D eigenvalue weighted by Crippen LogP contribution is 2.46. The molecule has 2 aliphatic heterocycles. The SMILES string of the molecule is CC1(C)OB(c2ccc(C3Nc4ccccc4-c4c3ccc3oc(-c5ccccc5)nc43)cc2)OC1(C)C. The molecular formula is C32H29BN2O3. The van der Waals surface area contributed by atoms with Gasteiger partial charge in [0.1, 0.15) is 5.52 Å². The van der Waals surface area contributed by atoms with Gasteiger partial charge in [-0.3, -0.25) is 0 Å². The zero-order valence-electron chi connectivity index (χ0n) is 22.0. The molecular weight excluding hydrogens is 471 g/mol. The number of nitrogens with zero attached hydrogens (tertiary/aromatic N) is 1. The molecule has 2 aliphatic rings. The minimum absolute atomic E-state index is 0.0338. The Morgan fingerprint density at radius 2 is 1.45 bits per heavy atom. The first kappa shape index (κ1) is 23.3. The van der Waals surface area contributed by atoms with Crippen molar-refractivity contribution in [2.24, 2.45) is 0 Å². The van der Waals surface area contributed by atoms with Gasteiger partial charge in [-0.15, -0.1) is 0 Å². The molecule has 3 heterocycles. The van der Waals surface area contributed by atoms with Crippen LogP contribution in [-0.4, -0.2) is 23.3 Å². The number of hydrogen-bond acceptors (Lipinski definition) is 5. The average molecular weight is 500 g/mol. The lowest BCUT2D eigenvalue weighted by Crippen LogP contribution is -2.41. The maximum Gasteiger partial charge on any atom is 0.494 e. The molecule has 4 aromatic carbocycles. The molecule has 188 valence electrons. The predicted octanol–water partition coefficient (Wildman–Crippen LogP) is 6.98. The molecule has 1 N–H and O–H groups in total. The topological polar surface area (TPSA) is 56.5 Å². The molecule has 1 fully saturated rings. The summed E-state index contributed by atoms with van der Waals surface area (Å²) in [7, 11) is -0.382. The molecule has 0 amide bonds. The summed E-state index contributed by atoms with van der Waals surface area (Å²) in [6.45, 7) is 8.32. The number of oxazole rings is 1. The van der Waals surface area contributed by atoms with Crippen molar-refractivity contribution in [2.75, 3.05) is 5.32 Å². The maximum absolute atomic E-state index is 6.27. The zero-order chi connectivity index (χ0) is 26.1. The Kier molecular flexibility index (Phi) is 5.09. The van der Waals surface area contributed by atoms with Gasteiger partial charge in [0.15, 0.2) is 5.58 Å². The predicted molar refractivity (Wildman–Crippen MR) is 153 cm³/mol. The fourth-order valence-electron chi connectivity index (χ4n) is 5.39. The molecule has 1 saturated heterocycles. The number of fused-ring (bicyclic) bond motifs is 5. The monoisotopic (exact) mass is 500 g/mol. The van der Waals surface area contributed by atoms with Gasteiger partial charge in [0.05, 0.1) is 17.2 Å². The second kappa shape index (κ2) is 8.32. The van der Waals surface area contributed by atoms with Crippen molar-refractivity contribution < 1.29 is 13.7 Å². The number of nitrogens with one attached hydrogen (secondary N) is 1. The lowest BCUT2D eigenvalue weighted by atomic mass is 9.78. The molecule has 6 heteroatoms. The fraction of sp³-hybridized carbons (Fsp3) is 0.219. The molecule has 1 aromatic heterocycles. The minimum Gasteiger partial charge on any atom is -0.436 e. The summed E-state index contributed by atoms with van der Waals surface area (Å²) in [6, 6.07) is 31.2. The zero-order valence-corrected chi connectivity index (χ0v) is 22.0. The lowest BCUT2D eigenvalue weighted by molar-refractivity contribution is 0.00578. The van der Waals surface area contributed by atoms with Gasteiger partial charge < -0.3 is 19.0 Å². The molecule has 7 rings (SSSR count). The van der Waals surface area contributed by atoms with E-state index in [1.54, 1.807) is 0 Å². The Labute approximate surface area is 223 Å². The van der Waals surface area contributed by atoms with Crippen molar-refractivity contribution in [2.45, 2.75) is 44.9 Å². The number of rotatable bonds is 3. The van der Waals surface area contributed by atoms with Crippen LogP contribution in [0.5, 0.6) is 0 Å². The third-order valence-electron chi connectivity index (χ3n) is 8.22. The average Bonchev–Trinajstić information content (AvgIpc) is 3.46. The smallest absolute Gasteiger partial charge is 0.436 e. The first-order chi connectivity index (χ1) is 18.3. The maximum atomic E-state index is 6.27. The van der Waals surface area contributed by atoms with E-state index in [0.717, 1.165) is 44.5 Å². The summed E-state index contributed by atoms with van der Waals surface area (Å²) in [5, 5.41) is 3.77. The largest absolute Gasteiger partial charge is 0.494 e. The van der Waals surface area contributed by atoms with Crippen molar-refractivity contribution in [1.29, 1.82) is 0 Å². The molecule has 0 saturated carbocycles. The Bertz CT molecular complexity index is 1640. The van der Waals surface area contributed by atoms with Gasteiger partial charge in [-0.25, -0.2) is 4.98 Å². The van der Waals surface area contributed by atoms with E-state index in [9.17, 15) is 0 Å². The van der Waals surface area contributed by atoms with Gasteiger partial charge >= 0.3 is 7.12 Å². The number of anilines is 1. The van der Waals surface area contributed by atoms with E-state index in [1.807, 2.05) is 36.4 Å². The molecule has 0 radical (unpaired) electrons. The molecule has 0 aliphatic carbocycles. The first-order valence-corrected chi connectivity index (χ1v) is 13.1. The third-order valence-corrected chi connectivity index (χ3v) is 8.22. The van der Waals surface area contributed by atoms with E-state index >= 15 is 0 Å². The number of benzene rings is 4. The molecule has 5 aromatic rings. The van der Waals surface area contributed by atoms with Crippen LogP contribution in [0.15, 0.2) is 95.4 Å². The van der Waals surface area contributed by atoms with Crippen LogP contribution < -0.4 is 10.8 Å². The Morgan fingerprint density at radius 1 is 0.763 bits per heavy atom. The van der Waals surface area contributed by atoms with Crippen LogP contribution in [0.1, 0.15) is 44.9 Å². The Balaban J connectivity index is 1.31. The van der Waals surface area contributed by atoms with Gasteiger partial charge in [-0.1, -0.05) is 66.7 Å². The standard InChI is InChI=1S/C32H29BN2O3/c1-31(2)32(3,4)38-33(37-31)22-16-14-20(15-17-22)28-24-18-19-26-29(27(24)23-12-8-9-13-25(23)34-28)35-30(36-26)21-10-6-5-7-11-21/h5-19,28,34H,1-4H3. The highest BCUT2D eigenvalue weighted by Gasteiger charge is 2.51. The molecule has 1 unspecified atom stereocenters. The second-order valence-corrected chi connectivity index (χ2v) is 11.1. The van der Waals surface area contributed by atoms with Gasteiger partial charge in [-0.2, -0.15) is 0 Å². The van der Waals surface area contributed by atoms with Gasteiger partial charge in [0.2, 0.25) is 5.89 Å².